The summed E-state index contributed by atoms with van der Waals surface area (Å²) < 4.78 is 26.1. The molecule has 130 valence electrons. The van der Waals surface area contributed by atoms with E-state index in [2.05, 4.69) is 10.0 Å². The van der Waals surface area contributed by atoms with Gasteiger partial charge in [0.25, 0.3) is 0 Å². The van der Waals surface area contributed by atoms with Crippen LogP contribution in [-0.4, -0.2) is 49.5 Å². The Labute approximate surface area is 140 Å². The van der Waals surface area contributed by atoms with Gasteiger partial charge in [-0.05, 0) is 24.3 Å². The van der Waals surface area contributed by atoms with E-state index in [0.29, 0.717) is 10.7 Å². The highest BCUT2D eigenvalue weighted by Crippen LogP contribution is 2.19. The van der Waals surface area contributed by atoms with Crippen LogP contribution in [0.15, 0.2) is 24.3 Å². The number of rotatable bonds is 8. The van der Waals surface area contributed by atoms with Gasteiger partial charge < -0.3 is 15.5 Å². The number of nitrogens with one attached hydrogen (secondary N) is 2. The largest absolute Gasteiger partial charge is 0.396 e. The Morgan fingerprint density at radius 1 is 1.30 bits per heavy atom. The van der Waals surface area contributed by atoms with Crippen molar-refractivity contribution in [3.05, 3.63) is 29.3 Å². The molecule has 0 bridgehead atoms. The van der Waals surface area contributed by atoms with E-state index in [4.69, 9.17) is 16.7 Å². The minimum absolute atomic E-state index is 0.166. The van der Waals surface area contributed by atoms with E-state index in [-0.39, 0.29) is 18.9 Å². The molecule has 4 N–H and O–H groups in total. The fourth-order valence-electron chi connectivity index (χ4n) is 1.60. The fraction of sp³-hybridized carbons (Fsp3) is 0.500. The molecule has 1 aromatic carbocycles. The summed E-state index contributed by atoms with van der Waals surface area (Å²) in [5, 5.41) is 21.7. The maximum Gasteiger partial charge on any atom is 0.249 e. The van der Waals surface area contributed by atoms with Crippen molar-refractivity contribution >= 4 is 33.2 Å². The zero-order chi connectivity index (χ0) is 17.7. The van der Waals surface area contributed by atoms with Gasteiger partial charge in [0.2, 0.25) is 15.9 Å². The van der Waals surface area contributed by atoms with Gasteiger partial charge in [0.15, 0.2) is 0 Å². The molecule has 0 spiro atoms. The summed E-state index contributed by atoms with van der Waals surface area (Å²) in [6, 6.07) is 6.14. The molecule has 1 aromatic rings. The van der Waals surface area contributed by atoms with Crippen molar-refractivity contribution in [3.63, 3.8) is 0 Å². The SMILES string of the molecule is CC(C)(CO)[C@@H](O)C(=O)NCCS(=O)(=O)Nc1ccc(Cl)cc1. The second-order valence-corrected chi connectivity index (χ2v) is 8.05. The minimum atomic E-state index is -3.65. The highest BCUT2D eigenvalue weighted by atomic mass is 35.5. The maximum atomic E-state index is 11.9. The van der Waals surface area contributed by atoms with Gasteiger partial charge in [0.1, 0.15) is 6.10 Å². The molecule has 0 heterocycles. The summed E-state index contributed by atoms with van der Waals surface area (Å²) in [7, 11) is -3.65. The summed E-state index contributed by atoms with van der Waals surface area (Å²) in [4.78, 5) is 11.7. The lowest BCUT2D eigenvalue weighted by atomic mass is 9.87. The van der Waals surface area contributed by atoms with Crippen LogP contribution in [0, 0.1) is 5.41 Å². The molecule has 0 fully saturated rings. The van der Waals surface area contributed by atoms with Crippen LogP contribution in [0.1, 0.15) is 13.8 Å². The second kappa shape index (κ2) is 7.96. The predicted octanol–water partition coefficient (Wildman–Crippen LogP) is 0.577. The van der Waals surface area contributed by atoms with Crippen molar-refractivity contribution in [2.24, 2.45) is 5.41 Å². The molecule has 0 aliphatic heterocycles. The van der Waals surface area contributed by atoms with Crippen molar-refractivity contribution < 1.29 is 23.4 Å². The van der Waals surface area contributed by atoms with Crippen LogP contribution >= 0.6 is 11.6 Å². The van der Waals surface area contributed by atoms with Crippen LogP contribution in [0.5, 0.6) is 0 Å². The first-order chi connectivity index (χ1) is 10.6. The highest BCUT2D eigenvalue weighted by molar-refractivity contribution is 7.92. The molecular formula is C14H21ClN2O5S. The Kier molecular flexibility index (Phi) is 6.82. The number of halogens is 1. The van der Waals surface area contributed by atoms with Crippen molar-refractivity contribution in [1.29, 1.82) is 0 Å². The standard InChI is InChI=1S/C14H21ClN2O5S/c1-14(2,9-18)12(19)13(20)16-7-8-23(21,22)17-11-5-3-10(15)4-6-11/h3-6,12,17-19H,7-9H2,1-2H3,(H,16,20)/t12-/m0/s1. The third kappa shape index (κ3) is 6.34. The third-order valence-corrected chi connectivity index (χ3v) is 4.72. The highest BCUT2D eigenvalue weighted by Gasteiger charge is 2.32. The van der Waals surface area contributed by atoms with Crippen LogP contribution in [0.25, 0.3) is 0 Å². The number of sulfonamides is 1. The smallest absolute Gasteiger partial charge is 0.249 e. The lowest BCUT2D eigenvalue weighted by Crippen LogP contribution is -2.46. The van der Waals surface area contributed by atoms with Crippen molar-refractivity contribution in [1.82, 2.24) is 5.32 Å². The Morgan fingerprint density at radius 3 is 2.39 bits per heavy atom. The van der Waals surface area contributed by atoms with Gasteiger partial charge in [-0.15, -0.1) is 0 Å². The molecule has 0 aliphatic rings. The molecule has 0 saturated carbocycles. The molecular weight excluding hydrogens is 344 g/mol. The van der Waals surface area contributed by atoms with Crippen LogP contribution in [0.3, 0.4) is 0 Å². The lowest BCUT2D eigenvalue weighted by Gasteiger charge is -2.27. The average Bonchev–Trinajstić information content (AvgIpc) is 2.48. The Morgan fingerprint density at radius 2 is 1.87 bits per heavy atom. The quantitative estimate of drug-likeness (QED) is 0.538. The number of aliphatic hydroxyl groups excluding tert-OH is 2. The monoisotopic (exact) mass is 364 g/mol. The molecule has 1 atom stereocenters. The average molecular weight is 365 g/mol. The molecule has 0 unspecified atom stereocenters. The normalized spacial score (nSPS) is 13.4. The zero-order valence-corrected chi connectivity index (χ0v) is 14.5. The molecule has 9 heteroatoms. The molecule has 0 radical (unpaired) electrons. The van der Waals surface area contributed by atoms with E-state index in [1.54, 1.807) is 12.1 Å². The van der Waals surface area contributed by atoms with Crippen molar-refractivity contribution in [2.45, 2.75) is 20.0 Å². The molecule has 1 rings (SSSR count). The number of hydrogen-bond donors (Lipinski definition) is 4. The van der Waals surface area contributed by atoms with Crippen LogP contribution < -0.4 is 10.0 Å². The van der Waals surface area contributed by atoms with E-state index in [0.717, 1.165) is 0 Å². The number of carbonyl (C=O) groups is 1. The van der Waals surface area contributed by atoms with Gasteiger partial charge in [0.05, 0.1) is 12.4 Å². The van der Waals surface area contributed by atoms with Crippen LogP contribution in [0.4, 0.5) is 5.69 Å². The van der Waals surface area contributed by atoms with Crippen molar-refractivity contribution in [3.8, 4) is 0 Å². The Hall–Kier alpha value is -1.35. The van der Waals surface area contributed by atoms with E-state index in [9.17, 15) is 18.3 Å². The number of amides is 1. The van der Waals surface area contributed by atoms with Gasteiger partial charge in [-0.3, -0.25) is 9.52 Å². The first-order valence-corrected chi connectivity index (χ1v) is 8.93. The Balaban J connectivity index is 2.51. The summed E-state index contributed by atoms with van der Waals surface area (Å²) >= 11 is 5.71. The first kappa shape index (κ1) is 19.7. The van der Waals surface area contributed by atoms with E-state index < -0.39 is 27.4 Å². The summed E-state index contributed by atoms with van der Waals surface area (Å²) in [6.45, 7) is 2.50. The summed E-state index contributed by atoms with van der Waals surface area (Å²) in [5.74, 6) is -1.08. The van der Waals surface area contributed by atoms with E-state index >= 15 is 0 Å². The van der Waals surface area contributed by atoms with Gasteiger partial charge in [-0.2, -0.15) is 0 Å². The van der Waals surface area contributed by atoms with Gasteiger partial charge in [-0.25, -0.2) is 8.42 Å². The summed E-state index contributed by atoms with van der Waals surface area (Å²) in [6.07, 6.45) is -1.43. The number of aliphatic hydroxyl groups is 2. The molecule has 7 nitrogen and oxygen atoms in total. The molecule has 0 saturated heterocycles. The molecule has 0 aliphatic carbocycles. The van der Waals surface area contributed by atoms with Gasteiger partial charge in [0, 0.05) is 22.7 Å². The first-order valence-electron chi connectivity index (χ1n) is 6.90. The number of carbonyl (C=O) groups excluding carboxylic acids is 1. The third-order valence-electron chi connectivity index (χ3n) is 3.18. The van der Waals surface area contributed by atoms with E-state index in [1.165, 1.54) is 26.0 Å². The number of benzene rings is 1. The zero-order valence-electron chi connectivity index (χ0n) is 12.9. The minimum Gasteiger partial charge on any atom is -0.396 e. The summed E-state index contributed by atoms with van der Waals surface area (Å²) in [5.41, 5.74) is -0.646. The topological polar surface area (TPSA) is 116 Å². The van der Waals surface area contributed by atoms with Crippen molar-refractivity contribution in [2.75, 3.05) is 23.6 Å². The molecule has 0 aromatic heterocycles. The molecule has 23 heavy (non-hydrogen) atoms. The van der Waals surface area contributed by atoms with E-state index in [1.807, 2.05) is 0 Å². The lowest BCUT2D eigenvalue weighted by molar-refractivity contribution is -0.136. The fourth-order valence-corrected chi connectivity index (χ4v) is 2.69. The molecule has 1 amide bonds. The van der Waals surface area contributed by atoms with Gasteiger partial charge >= 0.3 is 0 Å². The van der Waals surface area contributed by atoms with Gasteiger partial charge in [-0.1, -0.05) is 25.4 Å². The second-order valence-electron chi connectivity index (χ2n) is 5.77. The number of hydrogen-bond acceptors (Lipinski definition) is 5. The number of anilines is 1. The predicted molar refractivity (Wildman–Crippen MR) is 88.7 cm³/mol. The Bertz CT molecular complexity index is 631. The maximum absolute atomic E-state index is 11.9. The van der Waals surface area contributed by atoms with Crippen LogP contribution in [0.2, 0.25) is 5.02 Å². The van der Waals surface area contributed by atoms with Crippen LogP contribution in [-0.2, 0) is 14.8 Å².